The van der Waals surface area contributed by atoms with Crippen molar-refractivity contribution in [1.29, 1.82) is 0 Å². The summed E-state index contributed by atoms with van der Waals surface area (Å²) in [7, 11) is 0. The highest BCUT2D eigenvalue weighted by molar-refractivity contribution is 6.32. The van der Waals surface area contributed by atoms with Gasteiger partial charge in [0.25, 0.3) is 5.91 Å². The summed E-state index contributed by atoms with van der Waals surface area (Å²) in [6.07, 6.45) is 2.86. The van der Waals surface area contributed by atoms with E-state index in [-0.39, 0.29) is 5.71 Å². The van der Waals surface area contributed by atoms with Gasteiger partial charge in [0.15, 0.2) is 11.7 Å². The number of rotatable bonds is 0. The van der Waals surface area contributed by atoms with E-state index in [9.17, 15) is 13.6 Å². The second-order valence-electron chi connectivity index (χ2n) is 2.60. The number of allylic oxidation sites excluding steroid dienone is 2. The summed E-state index contributed by atoms with van der Waals surface area (Å²) in [4.78, 5) is 17.9. The van der Waals surface area contributed by atoms with Crippen LogP contribution in [0, 0.1) is 0 Å². The fraction of sp³-hybridized carbons (Fsp3) is 0.125. The van der Waals surface area contributed by atoms with Gasteiger partial charge in [-0.3, -0.25) is 9.79 Å². The van der Waals surface area contributed by atoms with Crippen LogP contribution in [0.25, 0.3) is 0 Å². The number of carbonyl (C=O) groups is 1. The molecule has 5 heteroatoms. The summed E-state index contributed by atoms with van der Waals surface area (Å²) in [6, 6.07) is -0.655. The summed E-state index contributed by atoms with van der Waals surface area (Å²) in [5, 5.41) is 0. The molecule has 1 heterocycles. The van der Waals surface area contributed by atoms with Crippen molar-refractivity contribution in [1.82, 2.24) is 0 Å². The summed E-state index contributed by atoms with van der Waals surface area (Å²) in [5.74, 6) is -2.53. The molecule has 1 unspecified atom stereocenters. The Morgan fingerprint density at radius 1 is 1.31 bits per heavy atom. The van der Waals surface area contributed by atoms with Gasteiger partial charge in [0, 0.05) is 6.08 Å². The van der Waals surface area contributed by atoms with Crippen LogP contribution in [0.4, 0.5) is 8.78 Å². The third-order valence-corrected chi connectivity index (χ3v) is 1.69. The number of nitrogens with zero attached hydrogens (tertiary/aromatic N) is 2. The first-order chi connectivity index (χ1) is 6.16. The molecule has 0 aromatic carbocycles. The SMILES string of the molecule is O=C1C=NC2C=C(F)C(F)=CC2=N1. The third kappa shape index (κ3) is 1.32. The summed E-state index contributed by atoms with van der Waals surface area (Å²) < 4.78 is 25.3. The quantitative estimate of drug-likeness (QED) is 0.553. The van der Waals surface area contributed by atoms with E-state index in [4.69, 9.17) is 0 Å². The highest BCUT2D eigenvalue weighted by Gasteiger charge is 2.23. The van der Waals surface area contributed by atoms with Crippen LogP contribution in [0.15, 0.2) is 33.8 Å². The maximum atomic E-state index is 12.6. The van der Waals surface area contributed by atoms with Crippen molar-refractivity contribution in [3.8, 4) is 0 Å². The zero-order chi connectivity index (χ0) is 9.42. The van der Waals surface area contributed by atoms with E-state index < -0.39 is 23.6 Å². The molecular weight excluding hydrogens is 178 g/mol. The normalized spacial score (nSPS) is 26.2. The highest BCUT2D eigenvalue weighted by Crippen LogP contribution is 2.22. The number of aliphatic imine (C=N–C) groups is 2. The molecule has 0 saturated carbocycles. The monoisotopic (exact) mass is 182 g/mol. The molecule has 2 rings (SSSR count). The highest BCUT2D eigenvalue weighted by atomic mass is 19.2. The van der Waals surface area contributed by atoms with Crippen LogP contribution in [0.2, 0.25) is 0 Å². The largest absolute Gasteiger partial charge is 0.288 e. The summed E-state index contributed by atoms with van der Waals surface area (Å²) in [5.41, 5.74) is 0.145. The first kappa shape index (κ1) is 7.97. The molecular formula is C8H4F2N2O. The average Bonchev–Trinajstić information content (AvgIpc) is 2.08. The second kappa shape index (κ2) is 2.69. The van der Waals surface area contributed by atoms with Gasteiger partial charge in [-0.2, -0.15) is 0 Å². The van der Waals surface area contributed by atoms with Crippen LogP contribution in [0.3, 0.4) is 0 Å². The van der Waals surface area contributed by atoms with Gasteiger partial charge in [0.05, 0.1) is 11.9 Å². The minimum atomic E-state index is -1.01. The average molecular weight is 182 g/mol. The molecule has 0 saturated heterocycles. The van der Waals surface area contributed by atoms with Gasteiger partial charge in [-0.15, -0.1) is 0 Å². The predicted octanol–water partition coefficient (Wildman–Crippen LogP) is 1.13. The Hall–Kier alpha value is -1.65. The van der Waals surface area contributed by atoms with Gasteiger partial charge in [0.2, 0.25) is 0 Å². The lowest BCUT2D eigenvalue weighted by Crippen LogP contribution is -2.24. The van der Waals surface area contributed by atoms with Gasteiger partial charge < -0.3 is 0 Å². The Bertz CT molecular complexity index is 393. The van der Waals surface area contributed by atoms with Crippen molar-refractivity contribution < 1.29 is 13.6 Å². The van der Waals surface area contributed by atoms with Crippen LogP contribution in [0.1, 0.15) is 0 Å². The van der Waals surface area contributed by atoms with Crippen molar-refractivity contribution in [2.75, 3.05) is 0 Å². The number of amides is 1. The summed E-state index contributed by atoms with van der Waals surface area (Å²) >= 11 is 0. The molecule has 0 spiro atoms. The summed E-state index contributed by atoms with van der Waals surface area (Å²) in [6.45, 7) is 0. The minimum absolute atomic E-state index is 0.145. The Kier molecular flexibility index (Phi) is 1.65. The van der Waals surface area contributed by atoms with E-state index in [1.54, 1.807) is 0 Å². The van der Waals surface area contributed by atoms with Gasteiger partial charge in [-0.05, 0) is 6.08 Å². The van der Waals surface area contributed by atoms with Crippen molar-refractivity contribution in [3.05, 3.63) is 23.8 Å². The van der Waals surface area contributed by atoms with Gasteiger partial charge >= 0.3 is 0 Å². The molecule has 66 valence electrons. The fourth-order valence-corrected chi connectivity index (χ4v) is 1.11. The van der Waals surface area contributed by atoms with Gasteiger partial charge in [-0.1, -0.05) is 0 Å². The standard InChI is InChI=1S/C8H4F2N2O/c9-4-1-6-7(2-5(4)10)12-8(13)3-11-6/h1-3,6H. The first-order valence-electron chi connectivity index (χ1n) is 3.57. The molecule has 1 aliphatic heterocycles. The molecule has 13 heavy (non-hydrogen) atoms. The van der Waals surface area contributed by atoms with Crippen LogP contribution >= 0.6 is 0 Å². The molecule has 0 aromatic heterocycles. The lowest BCUT2D eigenvalue weighted by atomic mass is 10.0. The molecule has 2 aliphatic rings. The van der Waals surface area contributed by atoms with E-state index in [0.717, 1.165) is 18.4 Å². The van der Waals surface area contributed by atoms with E-state index in [1.807, 2.05) is 0 Å². The van der Waals surface area contributed by atoms with Gasteiger partial charge in [0.1, 0.15) is 6.04 Å². The zero-order valence-corrected chi connectivity index (χ0v) is 6.37. The Labute approximate surface area is 72.2 Å². The minimum Gasteiger partial charge on any atom is -0.273 e. The van der Waals surface area contributed by atoms with Gasteiger partial charge in [-0.25, -0.2) is 13.8 Å². The van der Waals surface area contributed by atoms with E-state index in [1.165, 1.54) is 0 Å². The van der Waals surface area contributed by atoms with Crippen LogP contribution < -0.4 is 0 Å². The zero-order valence-electron chi connectivity index (χ0n) is 6.37. The number of halogens is 2. The molecule has 0 radical (unpaired) electrons. The van der Waals surface area contributed by atoms with Crippen LogP contribution in [0.5, 0.6) is 0 Å². The third-order valence-electron chi connectivity index (χ3n) is 1.69. The topological polar surface area (TPSA) is 41.8 Å². The number of hydrogen-bond donors (Lipinski definition) is 0. The lowest BCUT2D eigenvalue weighted by Gasteiger charge is -2.14. The molecule has 0 N–H and O–H groups in total. The maximum Gasteiger partial charge on any atom is 0.288 e. The van der Waals surface area contributed by atoms with Crippen molar-refractivity contribution in [2.45, 2.75) is 6.04 Å². The van der Waals surface area contributed by atoms with Crippen molar-refractivity contribution >= 4 is 17.8 Å². The first-order valence-corrected chi connectivity index (χ1v) is 3.57. The molecule has 0 bridgehead atoms. The van der Waals surface area contributed by atoms with Crippen molar-refractivity contribution in [3.63, 3.8) is 0 Å². The molecule has 1 amide bonds. The smallest absolute Gasteiger partial charge is 0.273 e. The number of carbonyl (C=O) groups excluding carboxylic acids is 1. The fourth-order valence-electron chi connectivity index (χ4n) is 1.11. The predicted molar refractivity (Wildman–Crippen MR) is 43.1 cm³/mol. The van der Waals surface area contributed by atoms with E-state index >= 15 is 0 Å². The number of fused-ring (bicyclic) bond motifs is 1. The molecule has 1 aliphatic carbocycles. The van der Waals surface area contributed by atoms with Crippen molar-refractivity contribution in [2.24, 2.45) is 9.98 Å². The Balaban J connectivity index is 2.43. The molecule has 0 aromatic rings. The number of hydrogen-bond acceptors (Lipinski definition) is 2. The lowest BCUT2D eigenvalue weighted by molar-refractivity contribution is -0.111. The second-order valence-corrected chi connectivity index (χ2v) is 2.60. The van der Waals surface area contributed by atoms with E-state index in [2.05, 4.69) is 9.98 Å². The molecule has 0 fully saturated rings. The molecule has 1 atom stereocenters. The Morgan fingerprint density at radius 2 is 2.08 bits per heavy atom. The molecule has 3 nitrogen and oxygen atoms in total. The van der Waals surface area contributed by atoms with Crippen LogP contribution in [-0.4, -0.2) is 23.9 Å². The van der Waals surface area contributed by atoms with E-state index in [0.29, 0.717) is 0 Å². The Morgan fingerprint density at radius 3 is 2.85 bits per heavy atom. The van der Waals surface area contributed by atoms with Crippen LogP contribution in [-0.2, 0) is 4.79 Å². The maximum absolute atomic E-state index is 12.6.